The van der Waals surface area contributed by atoms with Crippen LogP contribution < -0.4 is 16.0 Å². The van der Waals surface area contributed by atoms with Gasteiger partial charge in [0.2, 0.25) is 0 Å². The number of nitrogens with two attached hydrogens (primary N) is 1. The van der Waals surface area contributed by atoms with Crippen LogP contribution in [0.3, 0.4) is 0 Å². The Morgan fingerprint density at radius 3 is 2.73 bits per heavy atom. The van der Waals surface area contributed by atoms with Crippen molar-refractivity contribution in [2.45, 2.75) is 26.9 Å². The predicted octanol–water partition coefficient (Wildman–Crippen LogP) is 1.06. The summed E-state index contributed by atoms with van der Waals surface area (Å²) in [7, 11) is 0. The number of ether oxygens (including phenoxy) is 1. The second-order valence-corrected chi connectivity index (χ2v) is 3.47. The van der Waals surface area contributed by atoms with Gasteiger partial charge in [0, 0.05) is 0 Å². The van der Waals surface area contributed by atoms with Gasteiger partial charge in [0.15, 0.2) is 6.10 Å². The van der Waals surface area contributed by atoms with Gasteiger partial charge in [-0.05, 0) is 38.0 Å². The molecule has 0 fully saturated rings. The van der Waals surface area contributed by atoms with Gasteiger partial charge >= 0.3 is 0 Å². The number of benzene rings is 1. The Morgan fingerprint density at radius 1 is 1.47 bits per heavy atom. The number of aryl methyl sites for hydroxylation is 1. The summed E-state index contributed by atoms with van der Waals surface area (Å²) in [6, 6.07) is 5.73. The fraction of sp³-hybridized carbons (Fsp3) is 0.364. The highest BCUT2D eigenvalue weighted by atomic mass is 16.5. The van der Waals surface area contributed by atoms with Gasteiger partial charge in [0.25, 0.3) is 5.91 Å². The van der Waals surface area contributed by atoms with Crippen molar-refractivity contribution in [2.75, 3.05) is 0 Å². The highest BCUT2D eigenvalue weighted by Gasteiger charge is 2.14. The monoisotopic (exact) mass is 208 g/mol. The third kappa shape index (κ3) is 2.70. The maximum absolute atomic E-state index is 11.2. The first kappa shape index (κ1) is 11.5. The van der Waals surface area contributed by atoms with Crippen LogP contribution in [0.1, 0.15) is 18.1 Å². The van der Waals surface area contributed by atoms with E-state index in [-0.39, 0.29) is 5.91 Å². The summed E-state index contributed by atoms with van der Waals surface area (Å²) in [6.07, 6.45) is -0.588. The van der Waals surface area contributed by atoms with Crippen LogP contribution in [0.15, 0.2) is 18.2 Å². The maximum Gasteiger partial charge on any atom is 0.274 e. The van der Waals surface area contributed by atoms with Crippen molar-refractivity contribution in [2.24, 2.45) is 5.84 Å². The van der Waals surface area contributed by atoms with Gasteiger partial charge < -0.3 is 4.74 Å². The van der Waals surface area contributed by atoms with Crippen molar-refractivity contribution < 1.29 is 9.53 Å². The number of hydrogen-bond donors (Lipinski definition) is 2. The summed E-state index contributed by atoms with van der Waals surface area (Å²) in [5.74, 6) is 5.39. The molecule has 0 unspecified atom stereocenters. The Balaban J connectivity index is 2.81. The van der Waals surface area contributed by atoms with Gasteiger partial charge in [-0.25, -0.2) is 5.84 Å². The fourth-order valence-electron chi connectivity index (χ4n) is 1.21. The molecular formula is C11H16N2O2. The molecule has 1 rings (SSSR count). The van der Waals surface area contributed by atoms with E-state index in [1.54, 1.807) is 6.92 Å². The largest absolute Gasteiger partial charge is 0.481 e. The van der Waals surface area contributed by atoms with Crippen molar-refractivity contribution in [3.63, 3.8) is 0 Å². The molecule has 0 saturated carbocycles. The molecule has 0 heterocycles. The summed E-state index contributed by atoms with van der Waals surface area (Å²) >= 11 is 0. The minimum Gasteiger partial charge on any atom is -0.481 e. The van der Waals surface area contributed by atoms with Gasteiger partial charge in [-0.3, -0.25) is 10.2 Å². The third-order valence-corrected chi connectivity index (χ3v) is 2.37. The van der Waals surface area contributed by atoms with Crippen LogP contribution in [0.4, 0.5) is 0 Å². The lowest BCUT2D eigenvalue weighted by molar-refractivity contribution is -0.127. The van der Waals surface area contributed by atoms with Gasteiger partial charge in [-0.2, -0.15) is 0 Å². The van der Waals surface area contributed by atoms with E-state index in [4.69, 9.17) is 10.6 Å². The zero-order valence-corrected chi connectivity index (χ0v) is 9.20. The number of hydrogen-bond acceptors (Lipinski definition) is 3. The number of hydrazine groups is 1. The lowest BCUT2D eigenvalue weighted by atomic mass is 10.1. The Kier molecular flexibility index (Phi) is 3.68. The van der Waals surface area contributed by atoms with Gasteiger partial charge in [-0.15, -0.1) is 0 Å². The van der Waals surface area contributed by atoms with Gasteiger partial charge in [-0.1, -0.05) is 12.1 Å². The number of nitrogens with one attached hydrogen (secondary N) is 1. The molecular weight excluding hydrogens is 192 g/mol. The minimum absolute atomic E-state index is 0.337. The summed E-state index contributed by atoms with van der Waals surface area (Å²) in [4.78, 5) is 11.2. The molecule has 1 atom stereocenters. The highest BCUT2D eigenvalue weighted by molar-refractivity contribution is 5.80. The van der Waals surface area contributed by atoms with Crippen LogP contribution in [-0.4, -0.2) is 12.0 Å². The maximum atomic E-state index is 11.2. The molecule has 1 aromatic carbocycles. The van der Waals surface area contributed by atoms with E-state index in [0.717, 1.165) is 11.1 Å². The zero-order valence-electron chi connectivity index (χ0n) is 9.20. The number of rotatable bonds is 3. The average molecular weight is 208 g/mol. The summed E-state index contributed by atoms with van der Waals surface area (Å²) < 4.78 is 5.49. The van der Waals surface area contributed by atoms with Crippen molar-refractivity contribution >= 4 is 5.91 Å². The van der Waals surface area contributed by atoms with Gasteiger partial charge in [0.1, 0.15) is 5.75 Å². The molecule has 0 bridgehead atoms. The lowest BCUT2D eigenvalue weighted by Crippen LogP contribution is -2.40. The minimum atomic E-state index is -0.588. The molecule has 1 amide bonds. The normalized spacial score (nSPS) is 12.0. The van der Waals surface area contributed by atoms with Crippen LogP contribution >= 0.6 is 0 Å². The lowest BCUT2D eigenvalue weighted by Gasteiger charge is -2.15. The number of carbonyl (C=O) groups excluding carboxylic acids is 1. The Morgan fingerprint density at radius 2 is 2.13 bits per heavy atom. The summed E-state index contributed by atoms with van der Waals surface area (Å²) in [6.45, 7) is 5.61. The zero-order chi connectivity index (χ0) is 11.4. The van der Waals surface area contributed by atoms with Crippen LogP contribution in [-0.2, 0) is 4.79 Å². The molecule has 4 heteroatoms. The molecule has 82 valence electrons. The molecule has 0 aliphatic rings. The van der Waals surface area contributed by atoms with E-state index in [9.17, 15) is 4.79 Å². The molecule has 0 radical (unpaired) electrons. The molecule has 0 aliphatic heterocycles. The summed E-state index contributed by atoms with van der Waals surface area (Å²) in [5.41, 5.74) is 4.22. The van der Waals surface area contributed by atoms with Crippen molar-refractivity contribution in [1.82, 2.24) is 5.43 Å². The van der Waals surface area contributed by atoms with Crippen LogP contribution in [0.5, 0.6) is 5.75 Å². The third-order valence-electron chi connectivity index (χ3n) is 2.37. The van der Waals surface area contributed by atoms with Crippen molar-refractivity contribution in [1.29, 1.82) is 0 Å². The van der Waals surface area contributed by atoms with E-state index in [1.165, 1.54) is 0 Å². The molecule has 0 saturated heterocycles. The SMILES string of the molecule is Cc1cccc(O[C@H](C)C(=O)NN)c1C. The van der Waals surface area contributed by atoms with Crippen LogP contribution in [0.25, 0.3) is 0 Å². The summed E-state index contributed by atoms with van der Waals surface area (Å²) in [5, 5.41) is 0. The van der Waals surface area contributed by atoms with E-state index in [2.05, 4.69) is 5.43 Å². The smallest absolute Gasteiger partial charge is 0.274 e. The standard InChI is InChI=1S/C11H16N2O2/c1-7-5-4-6-10(8(7)2)15-9(3)11(14)13-12/h4-6,9H,12H2,1-3H3,(H,13,14)/t9-/m1/s1. The second kappa shape index (κ2) is 4.79. The second-order valence-electron chi connectivity index (χ2n) is 3.47. The molecule has 1 aromatic rings. The average Bonchev–Trinajstić information content (AvgIpc) is 2.23. The van der Waals surface area contributed by atoms with Gasteiger partial charge in [0.05, 0.1) is 0 Å². The number of carbonyl (C=O) groups is 1. The fourth-order valence-corrected chi connectivity index (χ4v) is 1.21. The molecule has 0 aliphatic carbocycles. The van der Waals surface area contributed by atoms with E-state index in [1.807, 2.05) is 32.0 Å². The van der Waals surface area contributed by atoms with Crippen molar-refractivity contribution in [3.8, 4) is 5.75 Å². The number of amides is 1. The Bertz CT molecular complexity index is 364. The molecule has 0 spiro atoms. The topological polar surface area (TPSA) is 64.3 Å². The first-order valence-corrected chi connectivity index (χ1v) is 4.79. The molecule has 3 N–H and O–H groups in total. The van der Waals surface area contributed by atoms with Crippen LogP contribution in [0.2, 0.25) is 0 Å². The van der Waals surface area contributed by atoms with Crippen LogP contribution in [0, 0.1) is 13.8 Å². The first-order valence-electron chi connectivity index (χ1n) is 4.79. The molecule has 4 nitrogen and oxygen atoms in total. The van der Waals surface area contributed by atoms with Crippen molar-refractivity contribution in [3.05, 3.63) is 29.3 Å². The molecule has 0 aromatic heterocycles. The first-order chi connectivity index (χ1) is 7.06. The Labute approximate surface area is 89.4 Å². The van der Waals surface area contributed by atoms with E-state index < -0.39 is 6.10 Å². The highest BCUT2D eigenvalue weighted by Crippen LogP contribution is 2.21. The van der Waals surface area contributed by atoms with E-state index >= 15 is 0 Å². The Hall–Kier alpha value is -1.55. The quantitative estimate of drug-likeness (QED) is 0.443. The van der Waals surface area contributed by atoms with E-state index in [0.29, 0.717) is 5.75 Å². The predicted molar refractivity (Wildman–Crippen MR) is 58.3 cm³/mol. The molecule has 15 heavy (non-hydrogen) atoms.